The second-order valence-corrected chi connectivity index (χ2v) is 9.60. The van der Waals surface area contributed by atoms with Crippen molar-refractivity contribution in [1.29, 1.82) is 0 Å². The Kier molecular flexibility index (Phi) is 4.23. The molecule has 0 spiro atoms. The highest BCUT2D eigenvalue weighted by Crippen LogP contribution is 2.45. The third-order valence-corrected chi connectivity index (χ3v) is 7.58. The molecule has 0 amide bonds. The molecule has 1 aromatic carbocycles. The molecule has 0 aliphatic heterocycles. The average molecular weight is 378 g/mol. The summed E-state index contributed by atoms with van der Waals surface area (Å²) in [5, 5.41) is 1.46. The van der Waals surface area contributed by atoms with Crippen LogP contribution < -0.4 is 4.74 Å². The van der Waals surface area contributed by atoms with Crippen molar-refractivity contribution in [3.05, 3.63) is 46.0 Å². The first kappa shape index (κ1) is 17.2. The maximum Gasteiger partial charge on any atom is 0.124 e. The first-order valence-corrected chi connectivity index (χ1v) is 11.1. The Labute approximate surface area is 165 Å². The summed E-state index contributed by atoms with van der Waals surface area (Å²) < 4.78 is 5.40. The molecule has 140 valence electrons. The minimum absolute atomic E-state index is 0.739. The van der Waals surface area contributed by atoms with Gasteiger partial charge in [0.05, 0.1) is 7.11 Å². The molecule has 27 heavy (non-hydrogen) atoms. The summed E-state index contributed by atoms with van der Waals surface area (Å²) in [5.41, 5.74) is 7.24. The van der Waals surface area contributed by atoms with Crippen LogP contribution in [0.1, 0.15) is 48.4 Å². The SMILES string of the molecule is COc1ccc(-c2c3c(nc4sc5c(c24)CCC(C)C5)CCC(C)C3)cc1. The van der Waals surface area contributed by atoms with Gasteiger partial charge in [-0.3, -0.25) is 0 Å². The van der Waals surface area contributed by atoms with E-state index in [1.54, 1.807) is 17.6 Å². The molecule has 0 radical (unpaired) electrons. The van der Waals surface area contributed by atoms with Crippen molar-refractivity contribution in [3.8, 4) is 16.9 Å². The highest BCUT2D eigenvalue weighted by atomic mass is 32.1. The van der Waals surface area contributed by atoms with Gasteiger partial charge < -0.3 is 4.74 Å². The van der Waals surface area contributed by atoms with Crippen LogP contribution in [0.3, 0.4) is 0 Å². The molecule has 0 saturated carbocycles. The van der Waals surface area contributed by atoms with Gasteiger partial charge in [-0.05, 0) is 84.7 Å². The molecule has 3 heteroatoms. The third kappa shape index (κ3) is 2.87. The predicted molar refractivity (Wildman–Crippen MR) is 114 cm³/mol. The summed E-state index contributed by atoms with van der Waals surface area (Å²) in [6.07, 6.45) is 7.26. The van der Waals surface area contributed by atoms with Crippen molar-refractivity contribution in [3.63, 3.8) is 0 Å². The Morgan fingerprint density at radius 3 is 2.48 bits per heavy atom. The molecule has 2 atom stereocenters. The fourth-order valence-corrected chi connectivity index (χ4v) is 6.31. The van der Waals surface area contributed by atoms with Crippen LogP contribution in [0.5, 0.6) is 5.75 Å². The molecule has 0 fully saturated rings. The van der Waals surface area contributed by atoms with Crippen molar-refractivity contribution in [2.24, 2.45) is 11.8 Å². The van der Waals surface area contributed by atoms with E-state index in [4.69, 9.17) is 9.72 Å². The summed E-state index contributed by atoms with van der Waals surface area (Å²) in [7, 11) is 1.74. The molecule has 5 rings (SSSR count). The number of benzene rings is 1. The fourth-order valence-electron chi connectivity index (χ4n) is 4.89. The summed E-state index contributed by atoms with van der Waals surface area (Å²) in [6, 6.07) is 8.67. The van der Waals surface area contributed by atoms with Crippen molar-refractivity contribution >= 4 is 21.6 Å². The maximum absolute atomic E-state index is 5.40. The van der Waals surface area contributed by atoms with E-state index in [1.165, 1.54) is 58.3 Å². The topological polar surface area (TPSA) is 22.1 Å². The van der Waals surface area contributed by atoms with Gasteiger partial charge in [-0.25, -0.2) is 4.98 Å². The Morgan fingerprint density at radius 1 is 0.963 bits per heavy atom. The Balaban J connectivity index is 1.80. The molecular weight excluding hydrogens is 350 g/mol. The number of thiophene rings is 1. The molecule has 2 nitrogen and oxygen atoms in total. The molecule has 2 aliphatic carbocycles. The first-order chi connectivity index (χ1) is 13.1. The minimum Gasteiger partial charge on any atom is -0.497 e. The van der Waals surface area contributed by atoms with Gasteiger partial charge in [0, 0.05) is 16.0 Å². The molecule has 3 aromatic rings. The summed E-state index contributed by atoms with van der Waals surface area (Å²) >= 11 is 1.96. The zero-order valence-corrected chi connectivity index (χ0v) is 17.3. The van der Waals surface area contributed by atoms with E-state index in [9.17, 15) is 0 Å². The first-order valence-electron chi connectivity index (χ1n) is 10.2. The standard InChI is InChI=1S/C24H27NOS/c1-14-5-11-20-19(12-14)22(16-6-8-17(26-3)9-7-16)23-18-10-4-15(2)13-21(18)27-24(23)25-20/h6-9,14-15H,4-5,10-13H2,1-3H3. The lowest BCUT2D eigenvalue weighted by Crippen LogP contribution is -2.15. The molecule has 0 N–H and O–H groups in total. The van der Waals surface area contributed by atoms with E-state index < -0.39 is 0 Å². The van der Waals surface area contributed by atoms with Crippen molar-refractivity contribution in [2.45, 2.75) is 52.4 Å². The summed E-state index contributed by atoms with van der Waals surface area (Å²) in [5.74, 6) is 2.46. The zero-order valence-electron chi connectivity index (χ0n) is 16.5. The monoisotopic (exact) mass is 377 g/mol. The van der Waals surface area contributed by atoms with E-state index in [-0.39, 0.29) is 0 Å². The van der Waals surface area contributed by atoms with Crippen LogP contribution in [0, 0.1) is 11.8 Å². The van der Waals surface area contributed by atoms with Crippen molar-refractivity contribution in [1.82, 2.24) is 4.98 Å². The van der Waals surface area contributed by atoms with Crippen LogP contribution >= 0.6 is 11.3 Å². The fraction of sp³-hybridized carbons (Fsp3) is 0.458. The van der Waals surface area contributed by atoms with E-state index in [0.29, 0.717) is 0 Å². The Bertz CT molecular complexity index is 1000. The van der Waals surface area contributed by atoms with E-state index in [0.717, 1.165) is 30.4 Å². The van der Waals surface area contributed by atoms with E-state index in [2.05, 4.69) is 38.1 Å². The molecule has 2 aliphatic rings. The van der Waals surface area contributed by atoms with Gasteiger partial charge in [0.15, 0.2) is 0 Å². The van der Waals surface area contributed by atoms with Gasteiger partial charge in [-0.2, -0.15) is 0 Å². The van der Waals surface area contributed by atoms with Crippen LogP contribution in [0.25, 0.3) is 21.3 Å². The van der Waals surface area contributed by atoms with Gasteiger partial charge >= 0.3 is 0 Å². The smallest absolute Gasteiger partial charge is 0.124 e. The zero-order chi connectivity index (χ0) is 18.5. The second kappa shape index (κ2) is 6.63. The number of ether oxygens (including phenoxy) is 1. The molecule has 0 bridgehead atoms. The number of hydrogen-bond acceptors (Lipinski definition) is 3. The maximum atomic E-state index is 5.40. The third-order valence-electron chi connectivity index (χ3n) is 6.43. The normalized spacial score (nSPS) is 21.7. The van der Waals surface area contributed by atoms with Gasteiger partial charge in [-0.15, -0.1) is 11.3 Å². The van der Waals surface area contributed by atoms with Gasteiger partial charge in [0.25, 0.3) is 0 Å². The number of nitrogens with zero attached hydrogens (tertiary/aromatic N) is 1. The number of aromatic nitrogens is 1. The second-order valence-electron chi connectivity index (χ2n) is 8.52. The van der Waals surface area contributed by atoms with Crippen LogP contribution in [0.4, 0.5) is 0 Å². The van der Waals surface area contributed by atoms with E-state index in [1.807, 2.05) is 11.3 Å². The number of aryl methyl sites for hydroxylation is 2. The highest BCUT2D eigenvalue weighted by molar-refractivity contribution is 7.19. The minimum atomic E-state index is 0.739. The van der Waals surface area contributed by atoms with Gasteiger partial charge in [-0.1, -0.05) is 26.0 Å². The predicted octanol–water partition coefficient (Wildman–Crippen LogP) is 6.22. The average Bonchev–Trinajstić information content (AvgIpc) is 3.03. The summed E-state index contributed by atoms with van der Waals surface area (Å²) in [4.78, 5) is 8.05. The molecule has 2 heterocycles. The highest BCUT2D eigenvalue weighted by Gasteiger charge is 2.28. The molecule has 2 aromatic heterocycles. The number of methoxy groups -OCH3 is 1. The summed E-state index contributed by atoms with van der Waals surface area (Å²) in [6.45, 7) is 4.77. The molecule has 0 saturated heterocycles. The molecule has 2 unspecified atom stereocenters. The van der Waals surface area contributed by atoms with Crippen molar-refractivity contribution < 1.29 is 4.74 Å². The number of pyridine rings is 1. The number of rotatable bonds is 2. The lowest BCUT2D eigenvalue weighted by Gasteiger charge is -2.25. The number of fused-ring (bicyclic) bond motifs is 4. The van der Waals surface area contributed by atoms with Crippen LogP contribution in [-0.2, 0) is 25.7 Å². The van der Waals surface area contributed by atoms with Gasteiger partial charge in [0.2, 0.25) is 0 Å². The van der Waals surface area contributed by atoms with Crippen LogP contribution in [0.15, 0.2) is 24.3 Å². The Morgan fingerprint density at radius 2 is 1.70 bits per heavy atom. The van der Waals surface area contributed by atoms with Crippen molar-refractivity contribution in [2.75, 3.05) is 7.11 Å². The van der Waals surface area contributed by atoms with Crippen LogP contribution in [0.2, 0.25) is 0 Å². The largest absolute Gasteiger partial charge is 0.497 e. The number of hydrogen-bond donors (Lipinski definition) is 0. The van der Waals surface area contributed by atoms with Gasteiger partial charge in [0.1, 0.15) is 10.6 Å². The lowest BCUT2D eigenvalue weighted by molar-refractivity contribution is 0.415. The Hall–Kier alpha value is -1.87. The molecular formula is C24H27NOS. The lowest BCUT2D eigenvalue weighted by atomic mass is 9.81. The van der Waals surface area contributed by atoms with Crippen LogP contribution in [-0.4, -0.2) is 12.1 Å². The quantitative estimate of drug-likeness (QED) is 0.529. The van der Waals surface area contributed by atoms with E-state index >= 15 is 0 Å².